The first-order valence-corrected chi connectivity index (χ1v) is 5.94. The van der Waals surface area contributed by atoms with Gasteiger partial charge in [0.05, 0.1) is 0 Å². The van der Waals surface area contributed by atoms with E-state index in [9.17, 15) is 4.79 Å². The Bertz CT molecular complexity index is 346. The zero-order valence-corrected chi connectivity index (χ0v) is 9.59. The summed E-state index contributed by atoms with van der Waals surface area (Å²) in [6.07, 6.45) is 0. The minimum Gasteiger partial charge on any atom is -0.480 e. The molecule has 0 saturated heterocycles. The molecule has 0 aliphatic carbocycles. The van der Waals surface area contributed by atoms with Crippen LogP contribution in [0.15, 0.2) is 24.3 Å². The van der Waals surface area contributed by atoms with E-state index in [0.29, 0.717) is 16.5 Å². The molecule has 1 atom stereocenters. The number of benzene rings is 1. The summed E-state index contributed by atoms with van der Waals surface area (Å²) in [5.41, 5.74) is 6.37. The Morgan fingerprint density at radius 1 is 1.53 bits per heavy atom. The van der Waals surface area contributed by atoms with E-state index in [4.69, 9.17) is 22.4 Å². The van der Waals surface area contributed by atoms with E-state index in [1.54, 1.807) is 0 Å². The molecule has 82 valence electrons. The Kier molecular flexibility index (Phi) is 4.94. The topological polar surface area (TPSA) is 63.3 Å². The van der Waals surface area contributed by atoms with Gasteiger partial charge < -0.3 is 10.8 Å². The van der Waals surface area contributed by atoms with Crippen LogP contribution in [-0.2, 0) is 10.5 Å². The first-order chi connectivity index (χ1) is 7.11. The Labute approximate surface area is 97.6 Å². The normalized spacial score (nSPS) is 12.4. The lowest BCUT2D eigenvalue weighted by Crippen LogP contribution is -2.32. The molecule has 1 aromatic rings. The van der Waals surface area contributed by atoms with Gasteiger partial charge in [-0.3, -0.25) is 4.79 Å². The van der Waals surface area contributed by atoms with Crippen molar-refractivity contribution in [2.75, 3.05) is 5.75 Å². The number of aliphatic carboxylic acids is 1. The predicted octanol–water partition coefficient (Wildman–Crippen LogP) is 1.99. The first-order valence-electron chi connectivity index (χ1n) is 4.41. The van der Waals surface area contributed by atoms with Crippen LogP contribution < -0.4 is 5.73 Å². The van der Waals surface area contributed by atoms with Crippen LogP contribution in [0, 0.1) is 0 Å². The van der Waals surface area contributed by atoms with Crippen molar-refractivity contribution < 1.29 is 9.90 Å². The second-order valence-corrected chi connectivity index (χ2v) is 4.49. The SMILES string of the molecule is N[C@@H](CSCc1ccccc1Cl)C(=O)O. The van der Waals surface area contributed by atoms with Crippen molar-refractivity contribution in [3.63, 3.8) is 0 Å². The minimum absolute atomic E-state index is 0.389. The summed E-state index contributed by atoms with van der Waals surface area (Å²) in [5, 5.41) is 9.27. The van der Waals surface area contributed by atoms with Gasteiger partial charge in [0.25, 0.3) is 0 Å². The van der Waals surface area contributed by atoms with Gasteiger partial charge >= 0.3 is 5.97 Å². The molecule has 0 saturated carbocycles. The second kappa shape index (κ2) is 6.00. The number of rotatable bonds is 5. The first kappa shape index (κ1) is 12.4. The van der Waals surface area contributed by atoms with Crippen LogP contribution in [0.4, 0.5) is 0 Å². The predicted molar refractivity (Wildman–Crippen MR) is 63.2 cm³/mol. The van der Waals surface area contributed by atoms with E-state index in [-0.39, 0.29) is 0 Å². The molecule has 0 aliphatic heterocycles. The third-order valence-corrected chi connectivity index (χ3v) is 3.31. The molecule has 15 heavy (non-hydrogen) atoms. The van der Waals surface area contributed by atoms with Crippen LogP contribution in [0.25, 0.3) is 0 Å². The van der Waals surface area contributed by atoms with E-state index in [0.717, 1.165) is 5.56 Å². The van der Waals surface area contributed by atoms with Crippen LogP contribution in [0.5, 0.6) is 0 Å². The molecule has 1 rings (SSSR count). The molecule has 0 aromatic heterocycles. The van der Waals surface area contributed by atoms with Crippen LogP contribution in [0.3, 0.4) is 0 Å². The number of carboxylic acid groups (broad SMARTS) is 1. The van der Waals surface area contributed by atoms with Gasteiger partial charge in [0.1, 0.15) is 6.04 Å². The van der Waals surface area contributed by atoms with Crippen molar-refractivity contribution in [2.24, 2.45) is 5.73 Å². The molecule has 0 spiro atoms. The van der Waals surface area contributed by atoms with E-state index < -0.39 is 12.0 Å². The zero-order valence-electron chi connectivity index (χ0n) is 8.02. The lowest BCUT2D eigenvalue weighted by atomic mass is 10.2. The number of nitrogens with two attached hydrogens (primary N) is 1. The third-order valence-electron chi connectivity index (χ3n) is 1.83. The smallest absolute Gasteiger partial charge is 0.321 e. The van der Waals surface area contributed by atoms with Gasteiger partial charge in [-0.1, -0.05) is 29.8 Å². The highest BCUT2D eigenvalue weighted by Crippen LogP contribution is 2.20. The van der Waals surface area contributed by atoms with E-state index in [1.165, 1.54) is 11.8 Å². The van der Waals surface area contributed by atoms with Crippen molar-refractivity contribution in [3.8, 4) is 0 Å². The fraction of sp³-hybridized carbons (Fsp3) is 0.300. The zero-order chi connectivity index (χ0) is 11.3. The Morgan fingerprint density at radius 2 is 2.20 bits per heavy atom. The highest BCUT2D eigenvalue weighted by atomic mass is 35.5. The molecule has 0 unspecified atom stereocenters. The number of carboxylic acids is 1. The van der Waals surface area contributed by atoms with Crippen LogP contribution in [0.1, 0.15) is 5.56 Å². The number of hydrogen-bond donors (Lipinski definition) is 2. The monoisotopic (exact) mass is 245 g/mol. The molecule has 0 aliphatic rings. The molecule has 0 fully saturated rings. The maximum Gasteiger partial charge on any atom is 0.321 e. The highest BCUT2D eigenvalue weighted by Gasteiger charge is 2.11. The largest absolute Gasteiger partial charge is 0.480 e. The summed E-state index contributed by atoms with van der Waals surface area (Å²) in [6.45, 7) is 0. The van der Waals surface area contributed by atoms with Crippen molar-refractivity contribution in [2.45, 2.75) is 11.8 Å². The van der Waals surface area contributed by atoms with E-state index in [1.807, 2.05) is 24.3 Å². The quantitative estimate of drug-likeness (QED) is 0.833. The molecule has 3 nitrogen and oxygen atoms in total. The molecule has 0 radical (unpaired) electrons. The lowest BCUT2D eigenvalue weighted by Gasteiger charge is -2.06. The van der Waals surface area contributed by atoms with E-state index in [2.05, 4.69) is 0 Å². The van der Waals surface area contributed by atoms with Gasteiger partial charge in [-0.2, -0.15) is 11.8 Å². The number of thioether (sulfide) groups is 1. The van der Waals surface area contributed by atoms with Gasteiger partial charge in [0.15, 0.2) is 0 Å². The molecule has 0 amide bonds. The Morgan fingerprint density at radius 3 is 2.80 bits per heavy atom. The Balaban J connectivity index is 2.38. The Hall–Kier alpha value is -0.710. The molecule has 3 N–H and O–H groups in total. The maximum absolute atomic E-state index is 10.4. The minimum atomic E-state index is -0.971. The molecule has 0 bridgehead atoms. The summed E-state index contributed by atoms with van der Waals surface area (Å²) in [4.78, 5) is 10.4. The van der Waals surface area contributed by atoms with Crippen LogP contribution in [0.2, 0.25) is 5.02 Å². The molecule has 5 heteroatoms. The van der Waals surface area contributed by atoms with Gasteiger partial charge in [0, 0.05) is 16.5 Å². The summed E-state index contributed by atoms with van der Waals surface area (Å²) in [7, 11) is 0. The number of carbonyl (C=O) groups is 1. The average Bonchev–Trinajstić information content (AvgIpc) is 2.20. The average molecular weight is 246 g/mol. The van der Waals surface area contributed by atoms with Gasteiger partial charge in [0.2, 0.25) is 0 Å². The van der Waals surface area contributed by atoms with Gasteiger partial charge in [-0.25, -0.2) is 0 Å². The fourth-order valence-electron chi connectivity index (χ4n) is 0.983. The van der Waals surface area contributed by atoms with Crippen molar-refractivity contribution in [1.29, 1.82) is 0 Å². The van der Waals surface area contributed by atoms with Crippen LogP contribution >= 0.6 is 23.4 Å². The van der Waals surface area contributed by atoms with Crippen molar-refractivity contribution >= 4 is 29.3 Å². The standard InChI is InChI=1S/C10H12ClNO2S/c11-8-4-2-1-3-7(8)5-15-6-9(12)10(13)14/h1-4,9H,5-6,12H2,(H,13,14)/t9-/m0/s1. The molecule has 0 heterocycles. The molecular formula is C10H12ClNO2S. The van der Waals surface area contributed by atoms with Crippen molar-refractivity contribution in [1.82, 2.24) is 0 Å². The maximum atomic E-state index is 10.4. The number of halogens is 1. The highest BCUT2D eigenvalue weighted by molar-refractivity contribution is 7.98. The number of hydrogen-bond acceptors (Lipinski definition) is 3. The van der Waals surface area contributed by atoms with Crippen molar-refractivity contribution in [3.05, 3.63) is 34.9 Å². The van der Waals surface area contributed by atoms with Gasteiger partial charge in [-0.15, -0.1) is 0 Å². The molecule has 1 aromatic carbocycles. The second-order valence-electron chi connectivity index (χ2n) is 3.05. The molecular weight excluding hydrogens is 234 g/mol. The summed E-state index contributed by atoms with van der Waals surface area (Å²) in [5.74, 6) is 0.1000. The lowest BCUT2D eigenvalue weighted by molar-refractivity contribution is -0.137. The summed E-state index contributed by atoms with van der Waals surface area (Å²) < 4.78 is 0. The van der Waals surface area contributed by atoms with E-state index >= 15 is 0 Å². The van der Waals surface area contributed by atoms with Gasteiger partial charge in [-0.05, 0) is 11.6 Å². The summed E-state index contributed by atoms with van der Waals surface area (Å²) >= 11 is 7.41. The fourth-order valence-corrected chi connectivity index (χ4v) is 2.25. The van der Waals surface area contributed by atoms with Crippen LogP contribution in [-0.4, -0.2) is 22.9 Å². The summed E-state index contributed by atoms with van der Waals surface area (Å²) in [6, 6.07) is 6.69. The third kappa shape index (κ3) is 4.11.